The van der Waals surface area contributed by atoms with Crippen LogP contribution in [0.25, 0.3) is 0 Å². The highest BCUT2D eigenvalue weighted by Crippen LogP contribution is 2.32. The Labute approximate surface area is 130 Å². The van der Waals surface area contributed by atoms with Gasteiger partial charge >= 0.3 is 0 Å². The van der Waals surface area contributed by atoms with Crippen LogP contribution < -0.4 is 4.74 Å². The molecule has 21 heavy (non-hydrogen) atoms. The van der Waals surface area contributed by atoms with Gasteiger partial charge in [0, 0.05) is 19.0 Å². The van der Waals surface area contributed by atoms with E-state index in [0.717, 1.165) is 22.6 Å². The van der Waals surface area contributed by atoms with E-state index in [0.29, 0.717) is 11.6 Å². The largest absolute Gasteiger partial charge is 0.497 e. The van der Waals surface area contributed by atoms with Gasteiger partial charge in [-0.1, -0.05) is 37.6 Å². The lowest BCUT2D eigenvalue weighted by atomic mass is 9.97. The van der Waals surface area contributed by atoms with Gasteiger partial charge in [-0.05, 0) is 23.6 Å². The third-order valence-electron chi connectivity index (χ3n) is 3.48. The van der Waals surface area contributed by atoms with Crippen LogP contribution in [-0.2, 0) is 13.5 Å². The highest BCUT2D eigenvalue weighted by Gasteiger charge is 2.23. The number of halogens is 1. The van der Waals surface area contributed by atoms with Crippen LogP contribution in [0.1, 0.15) is 42.7 Å². The van der Waals surface area contributed by atoms with Gasteiger partial charge in [-0.25, -0.2) is 0 Å². The molecular weight excluding hydrogens is 288 g/mol. The number of rotatable bonds is 5. The molecule has 0 saturated heterocycles. The van der Waals surface area contributed by atoms with E-state index in [1.54, 1.807) is 18.8 Å². The van der Waals surface area contributed by atoms with Crippen LogP contribution in [0.15, 0.2) is 24.3 Å². The van der Waals surface area contributed by atoms with E-state index in [9.17, 15) is 5.11 Å². The number of hydrogen-bond acceptors (Lipinski definition) is 3. The molecule has 0 radical (unpaired) electrons. The molecule has 0 aliphatic rings. The van der Waals surface area contributed by atoms with Gasteiger partial charge < -0.3 is 9.84 Å². The zero-order valence-corrected chi connectivity index (χ0v) is 13.6. The fraction of sp³-hybridized carbons (Fsp3) is 0.438. The van der Waals surface area contributed by atoms with Gasteiger partial charge in [0.25, 0.3) is 0 Å². The van der Waals surface area contributed by atoms with Crippen molar-refractivity contribution in [2.75, 3.05) is 7.11 Å². The van der Waals surface area contributed by atoms with E-state index in [2.05, 4.69) is 5.10 Å². The zero-order valence-electron chi connectivity index (χ0n) is 12.8. The van der Waals surface area contributed by atoms with E-state index in [1.807, 2.05) is 38.1 Å². The summed E-state index contributed by atoms with van der Waals surface area (Å²) in [6.07, 6.45) is -0.210. The van der Waals surface area contributed by atoms with Crippen LogP contribution in [0.2, 0.25) is 5.15 Å². The van der Waals surface area contributed by atoms with Crippen LogP contribution >= 0.6 is 11.6 Å². The Morgan fingerprint density at radius 3 is 2.71 bits per heavy atom. The Bertz CT molecular complexity index is 623. The average Bonchev–Trinajstić information content (AvgIpc) is 2.75. The smallest absolute Gasteiger partial charge is 0.132 e. The Hall–Kier alpha value is -1.52. The van der Waals surface area contributed by atoms with Crippen molar-refractivity contribution in [3.8, 4) is 5.75 Å². The van der Waals surface area contributed by atoms with Crippen LogP contribution in [-0.4, -0.2) is 22.0 Å². The second kappa shape index (κ2) is 6.50. The maximum Gasteiger partial charge on any atom is 0.132 e. The van der Waals surface area contributed by atoms with Crippen molar-refractivity contribution in [2.24, 2.45) is 7.05 Å². The monoisotopic (exact) mass is 308 g/mol. The molecule has 1 unspecified atom stereocenters. The highest BCUT2D eigenvalue weighted by molar-refractivity contribution is 6.30. The Kier molecular flexibility index (Phi) is 4.91. The number of benzene rings is 1. The minimum absolute atomic E-state index is 0.207. The van der Waals surface area contributed by atoms with E-state index < -0.39 is 6.10 Å². The second-order valence-corrected chi connectivity index (χ2v) is 5.80. The SMILES string of the molecule is COc1cccc(CC(O)c2c(C(C)C)nn(C)c2Cl)c1. The molecule has 0 bridgehead atoms. The van der Waals surface area contributed by atoms with Gasteiger partial charge in [0.05, 0.1) is 18.9 Å². The summed E-state index contributed by atoms with van der Waals surface area (Å²) in [5.41, 5.74) is 2.56. The summed E-state index contributed by atoms with van der Waals surface area (Å²) in [4.78, 5) is 0. The van der Waals surface area contributed by atoms with Crippen molar-refractivity contribution < 1.29 is 9.84 Å². The van der Waals surface area contributed by atoms with Crippen molar-refractivity contribution in [3.63, 3.8) is 0 Å². The van der Waals surface area contributed by atoms with E-state index >= 15 is 0 Å². The van der Waals surface area contributed by atoms with Gasteiger partial charge in [-0.3, -0.25) is 4.68 Å². The third-order valence-corrected chi connectivity index (χ3v) is 3.93. The number of hydrogen-bond donors (Lipinski definition) is 1. The van der Waals surface area contributed by atoms with Crippen LogP contribution in [0, 0.1) is 0 Å². The molecule has 1 atom stereocenters. The van der Waals surface area contributed by atoms with Gasteiger partial charge in [0.15, 0.2) is 0 Å². The van der Waals surface area contributed by atoms with E-state index in [4.69, 9.17) is 16.3 Å². The summed E-state index contributed by atoms with van der Waals surface area (Å²) in [6.45, 7) is 4.08. The number of nitrogens with zero attached hydrogens (tertiary/aromatic N) is 2. The van der Waals surface area contributed by atoms with Crippen LogP contribution in [0.5, 0.6) is 5.75 Å². The highest BCUT2D eigenvalue weighted by atomic mass is 35.5. The summed E-state index contributed by atoms with van der Waals surface area (Å²) in [7, 11) is 3.42. The number of aromatic nitrogens is 2. The normalized spacial score (nSPS) is 12.7. The number of aliphatic hydroxyl groups is 1. The molecule has 0 aliphatic heterocycles. The molecule has 2 aromatic rings. The lowest BCUT2D eigenvalue weighted by molar-refractivity contribution is 0.177. The average molecular weight is 309 g/mol. The number of methoxy groups -OCH3 is 1. The quantitative estimate of drug-likeness (QED) is 0.920. The minimum Gasteiger partial charge on any atom is -0.497 e. The number of ether oxygens (including phenoxy) is 1. The maximum absolute atomic E-state index is 10.6. The second-order valence-electron chi connectivity index (χ2n) is 5.44. The molecule has 2 rings (SSSR count). The molecular formula is C16H21ClN2O2. The van der Waals surface area contributed by atoms with Gasteiger partial charge in [-0.2, -0.15) is 5.10 Å². The lowest BCUT2D eigenvalue weighted by Crippen LogP contribution is -2.06. The molecule has 0 fully saturated rings. The molecule has 5 heteroatoms. The molecule has 4 nitrogen and oxygen atoms in total. The Balaban J connectivity index is 2.29. The standard InChI is InChI=1S/C16H21ClN2O2/c1-10(2)15-14(16(17)19(3)18-15)13(20)9-11-6-5-7-12(8-11)21-4/h5-8,10,13,20H,9H2,1-4H3. The molecule has 0 spiro atoms. The fourth-order valence-electron chi connectivity index (χ4n) is 2.40. The third kappa shape index (κ3) is 3.39. The van der Waals surface area contributed by atoms with Crippen molar-refractivity contribution in [2.45, 2.75) is 32.3 Å². The molecule has 1 aromatic heterocycles. The van der Waals surface area contributed by atoms with Crippen molar-refractivity contribution in [1.29, 1.82) is 0 Å². The molecule has 114 valence electrons. The van der Waals surface area contributed by atoms with E-state index in [1.165, 1.54) is 0 Å². The lowest BCUT2D eigenvalue weighted by Gasteiger charge is -2.14. The summed E-state index contributed by atoms with van der Waals surface area (Å²) in [5, 5.41) is 15.5. The first-order chi connectivity index (χ1) is 9.93. The number of aryl methyl sites for hydroxylation is 1. The summed E-state index contributed by atoms with van der Waals surface area (Å²) < 4.78 is 6.82. The van der Waals surface area contributed by atoms with E-state index in [-0.39, 0.29) is 5.92 Å². The first-order valence-corrected chi connectivity index (χ1v) is 7.35. The summed E-state index contributed by atoms with van der Waals surface area (Å²) >= 11 is 6.29. The zero-order chi connectivity index (χ0) is 15.6. The first-order valence-electron chi connectivity index (χ1n) is 6.97. The molecule has 0 saturated carbocycles. The van der Waals surface area contributed by atoms with Crippen molar-refractivity contribution >= 4 is 11.6 Å². The molecule has 0 amide bonds. The molecule has 1 N–H and O–H groups in total. The topological polar surface area (TPSA) is 47.3 Å². The van der Waals surface area contributed by atoms with Gasteiger partial charge in [-0.15, -0.1) is 0 Å². The van der Waals surface area contributed by atoms with Crippen LogP contribution in [0.4, 0.5) is 0 Å². The van der Waals surface area contributed by atoms with Gasteiger partial charge in [0.2, 0.25) is 0 Å². The predicted octanol–water partition coefficient (Wildman–Crippen LogP) is 3.48. The summed E-state index contributed by atoms with van der Waals surface area (Å²) in [6, 6.07) is 7.68. The molecule has 1 aromatic carbocycles. The van der Waals surface area contributed by atoms with Crippen molar-refractivity contribution in [1.82, 2.24) is 9.78 Å². The molecule has 1 heterocycles. The van der Waals surface area contributed by atoms with Crippen LogP contribution in [0.3, 0.4) is 0 Å². The Morgan fingerprint density at radius 2 is 2.10 bits per heavy atom. The van der Waals surface area contributed by atoms with Crippen molar-refractivity contribution in [3.05, 3.63) is 46.2 Å². The maximum atomic E-state index is 10.6. The Morgan fingerprint density at radius 1 is 1.38 bits per heavy atom. The first kappa shape index (κ1) is 15.9. The molecule has 0 aliphatic carbocycles. The number of aliphatic hydroxyl groups excluding tert-OH is 1. The summed E-state index contributed by atoms with van der Waals surface area (Å²) in [5.74, 6) is 0.986. The minimum atomic E-state index is -0.685. The van der Waals surface area contributed by atoms with Gasteiger partial charge in [0.1, 0.15) is 10.9 Å². The predicted molar refractivity (Wildman–Crippen MR) is 84.0 cm³/mol. The fourth-order valence-corrected chi connectivity index (χ4v) is 2.66.